The Morgan fingerprint density at radius 3 is 2.52 bits per heavy atom. The van der Waals surface area contributed by atoms with E-state index in [1.165, 1.54) is 18.4 Å². The Hall–Kier alpha value is -3.06. The molecule has 2 aromatic heterocycles. The molecular weight excluding hydrogens is 288 g/mol. The monoisotopic (exact) mass is 302 g/mol. The summed E-state index contributed by atoms with van der Waals surface area (Å²) in [6.07, 6.45) is 4.45. The van der Waals surface area contributed by atoms with Crippen molar-refractivity contribution in [2.45, 2.75) is 18.8 Å². The maximum absolute atomic E-state index is 11.0. The van der Waals surface area contributed by atoms with Crippen LogP contribution in [0, 0.1) is 11.3 Å². The SMILES string of the molecule is N#Cc1cc(-c2ccc(C(=O)O)cc2)n2ccc(C3CC3)cc12. The highest BCUT2D eigenvalue weighted by molar-refractivity contribution is 5.88. The fraction of sp³-hybridized carbons (Fsp3) is 0.158. The van der Waals surface area contributed by atoms with E-state index in [4.69, 9.17) is 5.11 Å². The van der Waals surface area contributed by atoms with E-state index < -0.39 is 5.97 Å². The maximum Gasteiger partial charge on any atom is 0.335 e. The van der Waals surface area contributed by atoms with E-state index in [1.807, 2.05) is 16.7 Å². The lowest BCUT2D eigenvalue weighted by molar-refractivity contribution is 0.0697. The Kier molecular flexibility index (Phi) is 2.95. The zero-order valence-corrected chi connectivity index (χ0v) is 12.4. The lowest BCUT2D eigenvalue weighted by Crippen LogP contribution is -1.95. The van der Waals surface area contributed by atoms with Crippen LogP contribution < -0.4 is 0 Å². The molecule has 4 heteroatoms. The molecule has 3 aromatic rings. The van der Waals surface area contributed by atoms with Gasteiger partial charge in [-0.2, -0.15) is 5.26 Å². The van der Waals surface area contributed by atoms with Crippen LogP contribution in [0.25, 0.3) is 16.8 Å². The van der Waals surface area contributed by atoms with Gasteiger partial charge >= 0.3 is 5.97 Å². The van der Waals surface area contributed by atoms with Gasteiger partial charge in [-0.3, -0.25) is 0 Å². The molecule has 23 heavy (non-hydrogen) atoms. The van der Waals surface area contributed by atoms with Gasteiger partial charge < -0.3 is 9.51 Å². The molecule has 1 fully saturated rings. The molecule has 0 aliphatic heterocycles. The number of aromatic nitrogens is 1. The quantitative estimate of drug-likeness (QED) is 0.793. The standard InChI is InChI=1S/C19H14N2O2/c20-11-16-10-17(13-3-5-14(6-4-13)19(22)23)21-8-7-15(9-18(16)21)12-1-2-12/h3-10,12H,1-2H2,(H,22,23). The number of rotatable bonds is 3. The van der Waals surface area contributed by atoms with Crippen molar-refractivity contribution < 1.29 is 9.90 Å². The van der Waals surface area contributed by atoms with Crippen LogP contribution in [-0.2, 0) is 0 Å². The molecule has 0 bridgehead atoms. The zero-order valence-electron chi connectivity index (χ0n) is 12.4. The first kappa shape index (κ1) is 13.6. The summed E-state index contributed by atoms with van der Waals surface area (Å²) in [5, 5.41) is 18.4. The number of pyridine rings is 1. The normalized spacial score (nSPS) is 13.9. The third-order valence-corrected chi connectivity index (χ3v) is 4.39. The summed E-state index contributed by atoms with van der Waals surface area (Å²) in [7, 11) is 0. The van der Waals surface area contributed by atoms with Gasteiger partial charge in [0.25, 0.3) is 0 Å². The first-order chi connectivity index (χ1) is 11.2. The topological polar surface area (TPSA) is 65.5 Å². The van der Waals surface area contributed by atoms with Crippen molar-refractivity contribution in [3.63, 3.8) is 0 Å². The van der Waals surface area contributed by atoms with E-state index in [0.717, 1.165) is 16.8 Å². The lowest BCUT2D eigenvalue weighted by Gasteiger charge is -2.05. The van der Waals surface area contributed by atoms with E-state index >= 15 is 0 Å². The molecule has 1 aliphatic carbocycles. The van der Waals surface area contributed by atoms with Crippen LogP contribution in [-0.4, -0.2) is 15.5 Å². The van der Waals surface area contributed by atoms with Gasteiger partial charge in [0, 0.05) is 6.20 Å². The smallest absolute Gasteiger partial charge is 0.335 e. The molecule has 0 saturated heterocycles. The molecule has 1 aromatic carbocycles. The van der Waals surface area contributed by atoms with E-state index in [1.54, 1.807) is 24.3 Å². The van der Waals surface area contributed by atoms with Crippen LogP contribution >= 0.6 is 0 Å². The van der Waals surface area contributed by atoms with Crippen LogP contribution in [0.1, 0.15) is 40.2 Å². The number of hydrogen-bond donors (Lipinski definition) is 1. The van der Waals surface area contributed by atoms with Crippen molar-refractivity contribution >= 4 is 11.5 Å². The van der Waals surface area contributed by atoms with Crippen LogP contribution in [0.4, 0.5) is 0 Å². The molecule has 112 valence electrons. The predicted molar refractivity (Wildman–Crippen MR) is 86.5 cm³/mol. The summed E-state index contributed by atoms with van der Waals surface area (Å²) >= 11 is 0. The molecule has 0 radical (unpaired) electrons. The van der Waals surface area contributed by atoms with E-state index in [9.17, 15) is 10.1 Å². The number of carbonyl (C=O) groups is 1. The Morgan fingerprint density at radius 2 is 1.91 bits per heavy atom. The molecule has 1 aliphatic rings. The second-order valence-electron chi connectivity index (χ2n) is 5.93. The second kappa shape index (κ2) is 4.99. The minimum Gasteiger partial charge on any atom is -0.478 e. The average molecular weight is 302 g/mol. The summed E-state index contributed by atoms with van der Waals surface area (Å²) in [6, 6.07) is 15.1. The van der Waals surface area contributed by atoms with Gasteiger partial charge in [0.15, 0.2) is 0 Å². The zero-order chi connectivity index (χ0) is 16.0. The number of carboxylic acids is 1. The first-order valence-electron chi connectivity index (χ1n) is 7.56. The van der Waals surface area contributed by atoms with Gasteiger partial charge in [-0.25, -0.2) is 4.79 Å². The van der Waals surface area contributed by atoms with Crippen molar-refractivity contribution in [1.29, 1.82) is 5.26 Å². The summed E-state index contributed by atoms with van der Waals surface area (Å²) in [4.78, 5) is 11.0. The van der Waals surface area contributed by atoms with Gasteiger partial charge in [0.2, 0.25) is 0 Å². The van der Waals surface area contributed by atoms with Crippen LogP contribution in [0.2, 0.25) is 0 Å². The second-order valence-corrected chi connectivity index (χ2v) is 5.93. The number of carboxylic acid groups (broad SMARTS) is 1. The number of nitriles is 1. The van der Waals surface area contributed by atoms with E-state index in [-0.39, 0.29) is 5.56 Å². The van der Waals surface area contributed by atoms with E-state index in [2.05, 4.69) is 18.2 Å². The molecule has 0 atom stereocenters. The molecule has 0 unspecified atom stereocenters. The first-order valence-corrected chi connectivity index (χ1v) is 7.56. The van der Waals surface area contributed by atoms with Crippen LogP contribution in [0.3, 0.4) is 0 Å². The number of fused-ring (bicyclic) bond motifs is 1. The third kappa shape index (κ3) is 2.27. The number of hydrogen-bond acceptors (Lipinski definition) is 2. The summed E-state index contributed by atoms with van der Waals surface area (Å²) in [5.41, 5.74) is 4.89. The van der Waals surface area contributed by atoms with Gasteiger partial charge in [-0.15, -0.1) is 0 Å². The van der Waals surface area contributed by atoms with Gasteiger partial charge in [0.1, 0.15) is 6.07 Å². The summed E-state index contributed by atoms with van der Waals surface area (Å²) in [5.74, 6) is -0.303. The Balaban J connectivity index is 1.86. The van der Waals surface area contributed by atoms with Crippen LogP contribution in [0.15, 0.2) is 48.7 Å². The predicted octanol–water partition coefficient (Wildman–Crippen LogP) is 4.05. The minimum atomic E-state index is -0.941. The maximum atomic E-state index is 11.0. The summed E-state index contributed by atoms with van der Waals surface area (Å²) < 4.78 is 2.00. The largest absolute Gasteiger partial charge is 0.478 e. The third-order valence-electron chi connectivity index (χ3n) is 4.39. The lowest BCUT2D eigenvalue weighted by atomic mass is 10.1. The molecule has 1 saturated carbocycles. The van der Waals surface area contributed by atoms with Crippen molar-refractivity contribution in [3.05, 3.63) is 65.4 Å². The fourth-order valence-corrected chi connectivity index (χ4v) is 2.98. The number of benzene rings is 1. The fourth-order valence-electron chi connectivity index (χ4n) is 2.98. The van der Waals surface area contributed by atoms with Crippen molar-refractivity contribution in [1.82, 2.24) is 4.40 Å². The Bertz CT molecular complexity index is 957. The minimum absolute atomic E-state index is 0.256. The molecule has 0 amide bonds. The number of nitrogens with zero attached hydrogens (tertiary/aromatic N) is 2. The van der Waals surface area contributed by atoms with Gasteiger partial charge in [0.05, 0.1) is 22.3 Å². The molecule has 0 spiro atoms. The highest BCUT2D eigenvalue weighted by Gasteiger charge is 2.24. The van der Waals surface area contributed by atoms with Crippen molar-refractivity contribution in [3.8, 4) is 17.3 Å². The molecule has 1 N–H and O–H groups in total. The molecule has 2 heterocycles. The van der Waals surface area contributed by atoms with Gasteiger partial charge in [-0.05, 0) is 60.2 Å². The average Bonchev–Trinajstić information content (AvgIpc) is 3.36. The molecule has 4 nitrogen and oxygen atoms in total. The molecular formula is C19H14N2O2. The highest BCUT2D eigenvalue weighted by atomic mass is 16.4. The van der Waals surface area contributed by atoms with Gasteiger partial charge in [-0.1, -0.05) is 12.1 Å². The number of aromatic carboxylic acids is 1. The Labute approximate surface area is 133 Å². The van der Waals surface area contributed by atoms with Crippen LogP contribution in [0.5, 0.6) is 0 Å². The summed E-state index contributed by atoms with van der Waals surface area (Å²) in [6.45, 7) is 0. The van der Waals surface area contributed by atoms with Crippen molar-refractivity contribution in [2.75, 3.05) is 0 Å². The van der Waals surface area contributed by atoms with Crippen molar-refractivity contribution in [2.24, 2.45) is 0 Å². The van der Waals surface area contributed by atoms with E-state index in [0.29, 0.717) is 11.5 Å². The Morgan fingerprint density at radius 1 is 1.17 bits per heavy atom. The molecule has 4 rings (SSSR count). The highest BCUT2D eigenvalue weighted by Crippen LogP contribution is 2.41.